The summed E-state index contributed by atoms with van der Waals surface area (Å²) in [6, 6.07) is 0. The van der Waals surface area contributed by atoms with Crippen LogP contribution in [0.5, 0.6) is 0 Å². The van der Waals surface area contributed by atoms with Gasteiger partial charge in [-0.3, -0.25) is 4.68 Å². The predicted molar refractivity (Wildman–Crippen MR) is 58.5 cm³/mol. The molecule has 5 nitrogen and oxygen atoms in total. The van der Waals surface area contributed by atoms with E-state index in [4.69, 9.17) is 17.3 Å². The lowest BCUT2D eigenvalue weighted by Gasteiger charge is -2.08. The zero-order chi connectivity index (χ0) is 11.1. The number of nitrogen functional groups attached to an aromatic ring is 1. The highest BCUT2D eigenvalue weighted by atomic mass is 35.5. The van der Waals surface area contributed by atoms with Gasteiger partial charge in [0.1, 0.15) is 5.02 Å². The molecule has 0 radical (unpaired) electrons. The van der Waals surface area contributed by atoms with Crippen LogP contribution in [0.2, 0.25) is 5.02 Å². The van der Waals surface area contributed by atoms with Crippen LogP contribution in [0.1, 0.15) is 12.8 Å². The highest BCUT2D eigenvalue weighted by Gasteiger charge is 2.31. The Morgan fingerprint density at radius 2 is 2.40 bits per heavy atom. The molecule has 2 rings (SSSR count). The molecule has 1 atom stereocenters. The average Bonchev–Trinajstić information content (AvgIpc) is 2.59. The fourth-order valence-corrected chi connectivity index (χ4v) is 3.74. The summed E-state index contributed by atoms with van der Waals surface area (Å²) < 4.78 is 24.6. The van der Waals surface area contributed by atoms with Crippen LogP contribution >= 0.6 is 11.6 Å². The number of nitrogens with two attached hydrogens (primary N) is 1. The predicted octanol–water partition coefficient (Wildman–Crippen LogP) is 0.696. The Bertz CT molecular complexity index is 449. The minimum Gasteiger partial charge on any atom is -0.381 e. The van der Waals surface area contributed by atoms with Crippen LogP contribution in [-0.4, -0.2) is 29.2 Å². The molecule has 1 unspecified atom stereocenters. The molecule has 1 aliphatic heterocycles. The number of anilines is 1. The third-order valence-corrected chi connectivity index (χ3v) is 5.15. The first-order valence-corrected chi connectivity index (χ1v) is 6.78. The Labute approximate surface area is 93.1 Å². The van der Waals surface area contributed by atoms with Crippen LogP contribution in [0.15, 0.2) is 6.20 Å². The molecule has 0 amide bonds. The van der Waals surface area contributed by atoms with Gasteiger partial charge in [-0.05, 0) is 12.8 Å². The number of hydrogen-bond donors (Lipinski definition) is 1. The first kappa shape index (κ1) is 10.8. The summed E-state index contributed by atoms with van der Waals surface area (Å²) in [5.41, 5.74) is 5.47. The molecular weight excluding hydrogens is 238 g/mol. The zero-order valence-electron chi connectivity index (χ0n) is 8.06. The van der Waals surface area contributed by atoms with E-state index in [2.05, 4.69) is 5.10 Å². The van der Waals surface area contributed by atoms with E-state index in [1.54, 1.807) is 6.20 Å². The molecule has 15 heavy (non-hydrogen) atoms. The lowest BCUT2D eigenvalue weighted by molar-refractivity contribution is 0.543. The van der Waals surface area contributed by atoms with E-state index >= 15 is 0 Å². The SMILES string of the molecule is Nc1nn(CC2CCCS2(=O)=O)cc1Cl. The lowest BCUT2D eigenvalue weighted by Crippen LogP contribution is -2.22. The van der Waals surface area contributed by atoms with Crippen molar-refractivity contribution in [2.75, 3.05) is 11.5 Å². The number of hydrogen-bond acceptors (Lipinski definition) is 4. The smallest absolute Gasteiger partial charge is 0.164 e. The first-order valence-electron chi connectivity index (χ1n) is 4.69. The number of aromatic nitrogens is 2. The van der Waals surface area contributed by atoms with Crippen molar-refractivity contribution in [2.24, 2.45) is 0 Å². The third kappa shape index (κ3) is 2.10. The van der Waals surface area contributed by atoms with Gasteiger partial charge in [0.25, 0.3) is 0 Å². The highest BCUT2D eigenvalue weighted by molar-refractivity contribution is 7.92. The summed E-state index contributed by atoms with van der Waals surface area (Å²) in [6.45, 7) is 0.346. The zero-order valence-corrected chi connectivity index (χ0v) is 9.63. The molecule has 1 aliphatic rings. The van der Waals surface area contributed by atoms with Gasteiger partial charge in [0.2, 0.25) is 0 Å². The monoisotopic (exact) mass is 249 g/mol. The van der Waals surface area contributed by atoms with E-state index in [9.17, 15) is 8.42 Å². The second-order valence-electron chi connectivity index (χ2n) is 3.72. The summed E-state index contributed by atoms with van der Waals surface area (Å²) in [7, 11) is -2.93. The number of sulfone groups is 1. The summed E-state index contributed by atoms with van der Waals surface area (Å²) in [4.78, 5) is 0. The van der Waals surface area contributed by atoms with Crippen molar-refractivity contribution in [3.8, 4) is 0 Å². The van der Waals surface area contributed by atoms with Crippen LogP contribution in [0.3, 0.4) is 0 Å². The molecule has 2 heterocycles. The fraction of sp³-hybridized carbons (Fsp3) is 0.625. The molecule has 1 aromatic rings. The minimum absolute atomic E-state index is 0.243. The lowest BCUT2D eigenvalue weighted by atomic mass is 10.2. The van der Waals surface area contributed by atoms with Crippen LogP contribution in [-0.2, 0) is 16.4 Å². The Morgan fingerprint density at radius 1 is 1.67 bits per heavy atom. The second-order valence-corrected chi connectivity index (χ2v) is 6.52. The van der Waals surface area contributed by atoms with Crippen molar-refractivity contribution >= 4 is 27.3 Å². The standard InChI is InChI=1S/C8H12ClN3O2S/c9-7-5-12(11-8(7)10)4-6-2-1-3-15(6,13)14/h5-6H,1-4H2,(H2,10,11). The van der Waals surface area contributed by atoms with Crippen LogP contribution in [0.4, 0.5) is 5.82 Å². The molecule has 0 aliphatic carbocycles. The summed E-state index contributed by atoms with van der Waals surface area (Å²) >= 11 is 5.73. The molecule has 84 valence electrons. The molecule has 1 saturated heterocycles. The Kier molecular flexibility index (Phi) is 2.64. The maximum Gasteiger partial charge on any atom is 0.164 e. The third-order valence-electron chi connectivity index (χ3n) is 2.60. The Morgan fingerprint density at radius 3 is 2.87 bits per heavy atom. The van der Waals surface area contributed by atoms with Crippen molar-refractivity contribution in [2.45, 2.75) is 24.6 Å². The van der Waals surface area contributed by atoms with E-state index in [-0.39, 0.29) is 16.8 Å². The van der Waals surface area contributed by atoms with E-state index < -0.39 is 9.84 Å². The molecule has 0 saturated carbocycles. The van der Waals surface area contributed by atoms with Gasteiger partial charge in [-0.15, -0.1) is 0 Å². The molecule has 2 N–H and O–H groups in total. The fourth-order valence-electron chi connectivity index (χ4n) is 1.78. The summed E-state index contributed by atoms with van der Waals surface area (Å²) in [5, 5.41) is 3.96. The molecule has 0 aromatic carbocycles. The maximum atomic E-state index is 11.6. The van der Waals surface area contributed by atoms with Crippen LogP contribution in [0.25, 0.3) is 0 Å². The van der Waals surface area contributed by atoms with Crippen molar-refractivity contribution in [1.82, 2.24) is 9.78 Å². The molecule has 0 spiro atoms. The van der Waals surface area contributed by atoms with Gasteiger partial charge in [-0.2, -0.15) is 5.10 Å². The van der Waals surface area contributed by atoms with Gasteiger partial charge >= 0.3 is 0 Å². The van der Waals surface area contributed by atoms with E-state index in [0.29, 0.717) is 18.0 Å². The molecule has 0 bridgehead atoms. The van der Waals surface area contributed by atoms with E-state index in [0.717, 1.165) is 6.42 Å². The van der Waals surface area contributed by atoms with Gasteiger partial charge < -0.3 is 5.73 Å². The van der Waals surface area contributed by atoms with Crippen molar-refractivity contribution in [3.63, 3.8) is 0 Å². The van der Waals surface area contributed by atoms with Crippen molar-refractivity contribution in [3.05, 3.63) is 11.2 Å². The normalized spacial score (nSPS) is 24.5. The summed E-state index contributed by atoms with van der Waals surface area (Å²) in [5.74, 6) is 0.523. The molecule has 1 fully saturated rings. The van der Waals surface area contributed by atoms with Gasteiger partial charge in [-0.25, -0.2) is 8.42 Å². The largest absolute Gasteiger partial charge is 0.381 e. The number of nitrogens with zero attached hydrogens (tertiary/aromatic N) is 2. The van der Waals surface area contributed by atoms with Crippen molar-refractivity contribution in [1.29, 1.82) is 0 Å². The van der Waals surface area contributed by atoms with Gasteiger partial charge in [0.05, 0.1) is 17.5 Å². The van der Waals surface area contributed by atoms with Gasteiger partial charge in [-0.1, -0.05) is 11.6 Å². The highest BCUT2D eigenvalue weighted by Crippen LogP contribution is 2.23. The molecule has 1 aromatic heterocycles. The molecular formula is C8H12ClN3O2S. The summed E-state index contributed by atoms with van der Waals surface area (Å²) in [6.07, 6.45) is 2.99. The Balaban J connectivity index is 2.16. The van der Waals surface area contributed by atoms with Gasteiger partial charge in [0.15, 0.2) is 15.7 Å². The quantitative estimate of drug-likeness (QED) is 0.837. The molecule has 7 heteroatoms. The number of halogens is 1. The first-order chi connectivity index (χ1) is 6.99. The van der Waals surface area contributed by atoms with Crippen LogP contribution in [0, 0.1) is 0 Å². The van der Waals surface area contributed by atoms with Crippen molar-refractivity contribution < 1.29 is 8.42 Å². The van der Waals surface area contributed by atoms with E-state index in [1.807, 2.05) is 0 Å². The number of rotatable bonds is 2. The average molecular weight is 250 g/mol. The maximum absolute atomic E-state index is 11.6. The van der Waals surface area contributed by atoms with E-state index in [1.165, 1.54) is 4.68 Å². The Hall–Kier alpha value is -0.750. The second kappa shape index (κ2) is 3.68. The minimum atomic E-state index is -2.93. The topological polar surface area (TPSA) is 78.0 Å². The van der Waals surface area contributed by atoms with Gasteiger partial charge in [0, 0.05) is 6.20 Å². The van der Waals surface area contributed by atoms with Crippen LogP contribution < -0.4 is 5.73 Å².